The number of para-hydroxylation sites is 1. The summed E-state index contributed by atoms with van der Waals surface area (Å²) in [4.78, 5) is 12.1. The van der Waals surface area contributed by atoms with Crippen LogP contribution >= 0.6 is 0 Å². The Labute approximate surface area is 146 Å². The molecule has 1 atom stereocenters. The Morgan fingerprint density at radius 2 is 1.88 bits per heavy atom. The Hall–Kier alpha value is -3.08. The Kier molecular flexibility index (Phi) is 5.14. The second-order valence-electron chi connectivity index (χ2n) is 5.84. The van der Waals surface area contributed by atoms with E-state index in [2.05, 4.69) is 10.5 Å². The lowest BCUT2D eigenvalue weighted by molar-refractivity contribution is -0.127. The van der Waals surface area contributed by atoms with Gasteiger partial charge in [-0.3, -0.25) is 4.79 Å². The van der Waals surface area contributed by atoms with Crippen molar-refractivity contribution in [3.8, 4) is 17.1 Å². The first-order valence-electron chi connectivity index (χ1n) is 8.14. The van der Waals surface area contributed by atoms with Gasteiger partial charge in [-0.2, -0.15) is 0 Å². The van der Waals surface area contributed by atoms with Crippen LogP contribution in [0.25, 0.3) is 11.3 Å². The van der Waals surface area contributed by atoms with Gasteiger partial charge in [0.15, 0.2) is 11.9 Å². The molecule has 1 N–H and O–H groups in total. The third-order valence-corrected chi connectivity index (χ3v) is 3.76. The summed E-state index contributed by atoms with van der Waals surface area (Å²) in [5.74, 6) is 1.13. The summed E-state index contributed by atoms with van der Waals surface area (Å²) < 4.78 is 10.9. The molecule has 128 valence electrons. The van der Waals surface area contributed by atoms with Crippen LogP contribution in [0.5, 0.6) is 5.75 Å². The van der Waals surface area contributed by atoms with Gasteiger partial charge in [0.1, 0.15) is 11.4 Å². The maximum Gasteiger partial charge on any atom is 0.261 e. The van der Waals surface area contributed by atoms with Crippen molar-refractivity contribution < 1.29 is 14.1 Å². The zero-order valence-corrected chi connectivity index (χ0v) is 14.2. The molecule has 5 heteroatoms. The number of aromatic nitrogens is 1. The number of nitrogens with zero attached hydrogens (tertiary/aromatic N) is 1. The number of aryl methyl sites for hydroxylation is 1. The topological polar surface area (TPSA) is 64.4 Å². The molecule has 5 nitrogen and oxygen atoms in total. The molecular formula is C20H20N2O3. The van der Waals surface area contributed by atoms with Crippen molar-refractivity contribution in [1.29, 1.82) is 0 Å². The number of carbonyl (C=O) groups is 1. The van der Waals surface area contributed by atoms with E-state index in [4.69, 9.17) is 9.26 Å². The van der Waals surface area contributed by atoms with Gasteiger partial charge in [0.25, 0.3) is 5.91 Å². The predicted octanol–water partition coefficient (Wildman–Crippen LogP) is 3.73. The Balaban J connectivity index is 1.54. The summed E-state index contributed by atoms with van der Waals surface area (Å²) in [7, 11) is 0. The molecule has 0 aliphatic carbocycles. The highest BCUT2D eigenvalue weighted by atomic mass is 16.5. The summed E-state index contributed by atoms with van der Waals surface area (Å²) >= 11 is 0. The number of rotatable bonds is 6. The molecule has 0 spiro atoms. The second-order valence-corrected chi connectivity index (χ2v) is 5.84. The monoisotopic (exact) mass is 336 g/mol. The number of hydrogen-bond donors (Lipinski definition) is 1. The van der Waals surface area contributed by atoms with Gasteiger partial charge < -0.3 is 14.6 Å². The molecule has 0 fully saturated rings. The van der Waals surface area contributed by atoms with Crippen LogP contribution in [-0.2, 0) is 11.3 Å². The minimum absolute atomic E-state index is 0.205. The first-order valence-corrected chi connectivity index (χ1v) is 8.14. The summed E-state index contributed by atoms with van der Waals surface area (Å²) in [6.45, 7) is 4.03. The molecule has 1 aromatic heterocycles. The van der Waals surface area contributed by atoms with E-state index in [1.54, 1.807) is 6.92 Å². The van der Waals surface area contributed by atoms with Gasteiger partial charge >= 0.3 is 0 Å². The fourth-order valence-corrected chi connectivity index (χ4v) is 2.33. The van der Waals surface area contributed by atoms with E-state index >= 15 is 0 Å². The summed E-state index contributed by atoms with van der Waals surface area (Å²) in [6, 6.07) is 19.1. The number of benzene rings is 2. The number of carbonyl (C=O) groups excluding carboxylic acids is 1. The zero-order chi connectivity index (χ0) is 17.6. The summed E-state index contributed by atoms with van der Waals surface area (Å²) in [5, 5.41) is 6.81. The lowest BCUT2D eigenvalue weighted by Gasteiger charge is -2.13. The van der Waals surface area contributed by atoms with E-state index < -0.39 is 6.10 Å². The van der Waals surface area contributed by atoms with Gasteiger partial charge in [-0.15, -0.1) is 0 Å². The first-order chi connectivity index (χ1) is 12.1. The summed E-state index contributed by atoms with van der Waals surface area (Å²) in [5.41, 5.74) is 2.80. The molecule has 1 heterocycles. The minimum Gasteiger partial charge on any atom is -0.481 e. The molecule has 1 amide bonds. The van der Waals surface area contributed by atoms with Crippen LogP contribution in [0.3, 0.4) is 0 Å². The second kappa shape index (κ2) is 7.66. The van der Waals surface area contributed by atoms with Gasteiger partial charge in [0.2, 0.25) is 0 Å². The van der Waals surface area contributed by atoms with Crippen LogP contribution in [0.15, 0.2) is 65.2 Å². The Morgan fingerprint density at radius 1 is 1.16 bits per heavy atom. The van der Waals surface area contributed by atoms with Crippen LogP contribution in [0.2, 0.25) is 0 Å². The molecule has 0 saturated heterocycles. The van der Waals surface area contributed by atoms with E-state index in [0.717, 1.165) is 5.56 Å². The van der Waals surface area contributed by atoms with Gasteiger partial charge in [-0.25, -0.2) is 0 Å². The SMILES string of the molecule is Cc1ccc(-c2cc(CNC(=O)C(C)Oc3ccccc3)no2)cc1. The highest BCUT2D eigenvalue weighted by molar-refractivity contribution is 5.80. The van der Waals surface area contributed by atoms with Crippen LogP contribution in [-0.4, -0.2) is 17.2 Å². The van der Waals surface area contributed by atoms with E-state index in [1.807, 2.05) is 67.6 Å². The van der Waals surface area contributed by atoms with Crippen molar-refractivity contribution in [2.24, 2.45) is 0 Å². The Morgan fingerprint density at radius 3 is 2.60 bits per heavy atom. The average molecular weight is 336 g/mol. The minimum atomic E-state index is -0.592. The highest BCUT2D eigenvalue weighted by Crippen LogP contribution is 2.20. The Bertz CT molecular complexity index is 826. The quantitative estimate of drug-likeness (QED) is 0.745. The average Bonchev–Trinajstić information content (AvgIpc) is 3.10. The van der Waals surface area contributed by atoms with Crippen LogP contribution < -0.4 is 10.1 Å². The number of ether oxygens (including phenoxy) is 1. The molecule has 1 unspecified atom stereocenters. The normalized spacial score (nSPS) is 11.8. The van der Waals surface area contributed by atoms with E-state index in [9.17, 15) is 4.79 Å². The number of hydrogen-bond acceptors (Lipinski definition) is 4. The molecule has 0 radical (unpaired) electrons. The maximum absolute atomic E-state index is 12.1. The molecule has 0 aliphatic rings. The van der Waals surface area contributed by atoms with E-state index in [0.29, 0.717) is 17.2 Å². The molecular weight excluding hydrogens is 316 g/mol. The van der Waals surface area contributed by atoms with Crippen LogP contribution in [0.4, 0.5) is 0 Å². The maximum atomic E-state index is 12.1. The first kappa shape index (κ1) is 16.8. The van der Waals surface area contributed by atoms with Gasteiger partial charge in [-0.1, -0.05) is 53.2 Å². The largest absolute Gasteiger partial charge is 0.481 e. The van der Waals surface area contributed by atoms with Gasteiger partial charge in [0.05, 0.1) is 6.54 Å². The van der Waals surface area contributed by atoms with Crippen molar-refractivity contribution >= 4 is 5.91 Å². The lowest BCUT2D eigenvalue weighted by atomic mass is 10.1. The van der Waals surface area contributed by atoms with Crippen molar-refractivity contribution in [2.45, 2.75) is 26.5 Å². The molecule has 0 aliphatic heterocycles. The zero-order valence-electron chi connectivity index (χ0n) is 14.2. The van der Waals surface area contributed by atoms with E-state index in [-0.39, 0.29) is 12.5 Å². The molecule has 0 saturated carbocycles. The van der Waals surface area contributed by atoms with Gasteiger partial charge in [0, 0.05) is 11.6 Å². The highest BCUT2D eigenvalue weighted by Gasteiger charge is 2.15. The third kappa shape index (κ3) is 4.47. The van der Waals surface area contributed by atoms with Crippen LogP contribution in [0, 0.1) is 6.92 Å². The smallest absolute Gasteiger partial charge is 0.261 e. The molecule has 25 heavy (non-hydrogen) atoms. The number of amides is 1. The molecule has 0 bridgehead atoms. The van der Waals surface area contributed by atoms with Crippen molar-refractivity contribution in [3.63, 3.8) is 0 Å². The molecule has 2 aromatic carbocycles. The van der Waals surface area contributed by atoms with Gasteiger partial charge in [-0.05, 0) is 26.0 Å². The fourth-order valence-electron chi connectivity index (χ4n) is 2.33. The fraction of sp³-hybridized carbons (Fsp3) is 0.200. The molecule has 3 rings (SSSR count). The predicted molar refractivity (Wildman–Crippen MR) is 95.1 cm³/mol. The standard InChI is InChI=1S/C20H20N2O3/c1-14-8-10-16(11-9-14)19-12-17(22-25-19)13-21-20(23)15(2)24-18-6-4-3-5-7-18/h3-12,15H,13H2,1-2H3,(H,21,23). The molecule has 3 aromatic rings. The van der Waals surface area contributed by atoms with Crippen molar-refractivity contribution in [3.05, 3.63) is 71.9 Å². The lowest BCUT2D eigenvalue weighted by Crippen LogP contribution is -2.35. The summed E-state index contributed by atoms with van der Waals surface area (Å²) in [6.07, 6.45) is -0.592. The van der Waals surface area contributed by atoms with Crippen LogP contribution in [0.1, 0.15) is 18.2 Å². The number of nitrogens with one attached hydrogen (secondary N) is 1. The van der Waals surface area contributed by atoms with Crippen molar-refractivity contribution in [1.82, 2.24) is 10.5 Å². The van der Waals surface area contributed by atoms with E-state index in [1.165, 1.54) is 5.56 Å². The third-order valence-electron chi connectivity index (χ3n) is 3.76. The van der Waals surface area contributed by atoms with Crippen molar-refractivity contribution in [2.75, 3.05) is 0 Å².